The van der Waals surface area contributed by atoms with Crippen LogP contribution in [0.1, 0.15) is 13.3 Å². The van der Waals surface area contributed by atoms with E-state index in [9.17, 15) is 0 Å². The van der Waals surface area contributed by atoms with Crippen molar-refractivity contribution in [3.05, 3.63) is 17.0 Å². The second-order valence-corrected chi connectivity index (χ2v) is 3.73. The van der Waals surface area contributed by atoms with Gasteiger partial charge < -0.3 is 0 Å². The molecule has 0 saturated carbocycles. The molecule has 80 valence electrons. The average Bonchev–Trinajstić information content (AvgIpc) is 2.76. The Kier molecular flexibility index (Phi) is 2.68. The van der Waals surface area contributed by atoms with Crippen LogP contribution in [0.5, 0.6) is 0 Å². The summed E-state index contributed by atoms with van der Waals surface area (Å²) in [4.78, 5) is 0. The van der Waals surface area contributed by atoms with Gasteiger partial charge in [-0.3, -0.25) is 14.3 Å². The van der Waals surface area contributed by atoms with Gasteiger partial charge in [0, 0.05) is 19.8 Å². The topological polar surface area (TPSA) is 51.4 Å². The van der Waals surface area contributed by atoms with Crippen LogP contribution in [0.3, 0.4) is 0 Å². The molecule has 0 amide bonds. The highest BCUT2D eigenvalue weighted by atomic mass is 32.1. The summed E-state index contributed by atoms with van der Waals surface area (Å²) in [6, 6.07) is 1.93. The van der Waals surface area contributed by atoms with Gasteiger partial charge in [-0.25, -0.2) is 0 Å². The molecular formula is C9H13N5S. The molecule has 0 aliphatic heterocycles. The van der Waals surface area contributed by atoms with Crippen LogP contribution < -0.4 is 0 Å². The molecule has 0 saturated heterocycles. The molecule has 0 aromatic carbocycles. The minimum atomic E-state index is 0.660. The van der Waals surface area contributed by atoms with Crippen LogP contribution in [0.15, 0.2) is 12.3 Å². The van der Waals surface area contributed by atoms with Crippen molar-refractivity contribution in [3.8, 4) is 11.5 Å². The van der Waals surface area contributed by atoms with Gasteiger partial charge in [-0.1, -0.05) is 6.92 Å². The molecule has 2 aromatic heterocycles. The first-order chi connectivity index (χ1) is 7.24. The average molecular weight is 223 g/mol. The van der Waals surface area contributed by atoms with Crippen LogP contribution in [0, 0.1) is 4.77 Å². The number of nitrogens with zero attached hydrogens (tertiary/aromatic N) is 4. The lowest BCUT2D eigenvalue weighted by Gasteiger charge is -2.04. The fourth-order valence-corrected chi connectivity index (χ4v) is 1.76. The molecule has 0 atom stereocenters. The van der Waals surface area contributed by atoms with E-state index in [1.165, 1.54) is 0 Å². The van der Waals surface area contributed by atoms with E-state index in [-0.39, 0.29) is 0 Å². The molecule has 1 N–H and O–H groups in total. The van der Waals surface area contributed by atoms with Crippen molar-refractivity contribution in [2.45, 2.75) is 19.9 Å². The number of hydrogen-bond donors (Lipinski definition) is 1. The number of nitrogens with one attached hydrogen (secondary N) is 1. The van der Waals surface area contributed by atoms with Crippen molar-refractivity contribution in [2.75, 3.05) is 0 Å². The molecule has 0 radical (unpaired) electrons. The van der Waals surface area contributed by atoms with E-state index in [1.807, 2.05) is 17.7 Å². The van der Waals surface area contributed by atoms with Crippen molar-refractivity contribution in [3.63, 3.8) is 0 Å². The molecule has 2 heterocycles. The van der Waals surface area contributed by atoms with Crippen molar-refractivity contribution in [1.29, 1.82) is 0 Å². The smallest absolute Gasteiger partial charge is 0.195 e. The molecule has 0 fully saturated rings. The Labute approximate surface area is 92.7 Å². The lowest BCUT2D eigenvalue weighted by atomic mass is 10.4. The van der Waals surface area contributed by atoms with Crippen LogP contribution in [-0.4, -0.2) is 24.5 Å². The van der Waals surface area contributed by atoms with E-state index in [0.717, 1.165) is 24.5 Å². The molecule has 0 aliphatic carbocycles. The predicted octanol–water partition coefficient (Wildman–Crippen LogP) is 1.75. The van der Waals surface area contributed by atoms with Crippen molar-refractivity contribution < 1.29 is 0 Å². The van der Waals surface area contributed by atoms with Crippen LogP contribution in [0.2, 0.25) is 0 Å². The predicted molar refractivity (Wildman–Crippen MR) is 59.9 cm³/mol. The van der Waals surface area contributed by atoms with Crippen LogP contribution in [-0.2, 0) is 13.6 Å². The van der Waals surface area contributed by atoms with E-state index in [2.05, 4.69) is 22.2 Å². The third-order valence-corrected chi connectivity index (χ3v) is 2.57. The van der Waals surface area contributed by atoms with Crippen molar-refractivity contribution in [2.24, 2.45) is 7.05 Å². The number of aromatic nitrogens is 5. The maximum atomic E-state index is 5.17. The van der Waals surface area contributed by atoms with E-state index < -0.39 is 0 Å². The van der Waals surface area contributed by atoms with Gasteiger partial charge in [-0.2, -0.15) is 10.2 Å². The largest absolute Gasteiger partial charge is 0.299 e. The highest BCUT2D eigenvalue weighted by molar-refractivity contribution is 7.71. The Hall–Kier alpha value is -1.43. The monoisotopic (exact) mass is 223 g/mol. The van der Waals surface area contributed by atoms with Gasteiger partial charge in [-0.15, -0.1) is 0 Å². The van der Waals surface area contributed by atoms with Crippen LogP contribution >= 0.6 is 12.2 Å². The number of aromatic amines is 1. The van der Waals surface area contributed by atoms with Gasteiger partial charge >= 0.3 is 0 Å². The van der Waals surface area contributed by atoms with E-state index in [4.69, 9.17) is 12.2 Å². The molecule has 15 heavy (non-hydrogen) atoms. The minimum absolute atomic E-state index is 0.660. The number of hydrogen-bond acceptors (Lipinski definition) is 3. The molecular weight excluding hydrogens is 210 g/mol. The van der Waals surface area contributed by atoms with Crippen molar-refractivity contribution in [1.82, 2.24) is 24.5 Å². The zero-order valence-electron chi connectivity index (χ0n) is 8.77. The zero-order valence-corrected chi connectivity index (χ0v) is 9.58. The van der Waals surface area contributed by atoms with E-state index >= 15 is 0 Å². The number of H-pyrrole nitrogens is 1. The molecule has 0 unspecified atom stereocenters. The quantitative estimate of drug-likeness (QED) is 0.806. The summed E-state index contributed by atoms with van der Waals surface area (Å²) >= 11 is 5.17. The molecule has 0 spiro atoms. The fourth-order valence-electron chi connectivity index (χ4n) is 1.54. The maximum absolute atomic E-state index is 5.17. The Balaban J connectivity index is 2.54. The first-order valence-corrected chi connectivity index (χ1v) is 5.28. The zero-order chi connectivity index (χ0) is 10.8. The summed E-state index contributed by atoms with van der Waals surface area (Å²) in [6.45, 7) is 2.98. The fraction of sp³-hybridized carbons (Fsp3) is 0.444. The summed E-state index contributed by atoms with van der Waals surface area (Å²) in [5, 5.41) is 11.2. The third kappa shape index (κ3) is 1.72. The molecule has 0 aliphatic rings. The summed E-state index contributed by atoms with van der Waals surface area (Å²) in [5.41, 5.74) is 0.968. The summed E-state index contributed by atoms with van der Waals surface area (Å²) in [7, 11) is 1.89. The second kappa shape index (κ2) is 3.98. The lowest BCUT2D eigenvalue weighted by Crippen LogP contribution is -2.03. The minimum Gasteiger partial charge on any atom is -0.299 e. The Morgan fingerprint density at radius 1 is 1.53 bits per heavy atom. The highest BCUT2D eigenvalue weighted by Crippen LogP contribution is 2.15. The third-order valence-electron chi connectivity index (χ3n) is 2.26. The normalized spacial score (nSPS) is 10.8. The molecule has 6 heteroatoms. The Morgan fingerprint density at radius 3 is 2.93 bits per heavy atom. The number of rotatable bonds is 3. The molecule has 2 rings (SSSR count). The van der Waals surface area contributed by atoms with Gasteiger partial charge in [0.1, 0.15) is 5.69 Å². The van der Waals surface area contributed by atoms with Crippen LogP contribution in [0.4, 0.5) is 0 Å². The van der Waals surface area contributed by atoms with Gasteiger partial charge in [0.25, 0.3) is 0 Å². The molecule has 5 nitrogen and oxygen atoms in total. The lowest BCUT2D eigenvalue weighted by molar-refractivity contribution is 0.666. The Morgan fingerprint density at radius 2 is 2.33 bits per heavy atom. The van der Waals surface area contributed by atoms with E-state index in [0.29, 0.717) is 4.77 Å². The SMILES string of the molecule is CCCn1c(-c2ccnn2C)n[nH]c1=S. The first kappa shape index (κ1) is 10.1. The van der Waals surface area contributed by atoms with E-state index in [1.54, 1.807) is 10.9 Å². The standard InChI is InChI=1S/C9H13N5S/c1-3-6-14-8(11-12-9(14)15)7-4-5-10-13(7)2/h4-5H,3,6H2,1-2H3,(H,12,15). The van der Waals surface area contributed by atoms with Crippen LogP contribution in [0.25, 0.3) is 11.5 Å². The van der Waals surface area contributed by atoms with Crippen molar-refractivity contribution >= 4 is 12.2 Å². The first-order valence-electron chi connectivity index (χ1n) is 4.87. The molecule has 2 aromatic rings. The second-order valence-electron chi connectivity index (χ2n) is 3.34. The summed E-state index contributed by atoms with van der Waals surface area (Å²) in [6.07, 6.45) is 2.78. The summed E-state index contributed by atoms with van der Waals surface area (Å²) < 4.78 is 4.44. The van der Waals surface area contributed by atoms with Gasteiger partial charge in [0.05, 0.1) is 0 Å². The Bertz CT molecular complexity index is 507. The maximum Gasteiger partial charge on any atom is 0.195 e. The van der Waals surface area contributed by atoms with Gasteiger partial charge in [0.15, 0.2) is 10.6 Å². The highest BCUT2D eigenvalue weighted by Gasteiger charge is 2.10. The molecule has 0 bridgehead atoms. The summed E-state index contributed by atoms with van der Waals surface area (Å²) in [5.74, 6) is 0.849. The van der Waals surface area contributed by atoms with Gasteiger partial charge in [-0.05, 0) is 24.7 Å². The van der Waals surface area contributed by atoms with Gasteiger partial charge in [0.2, 0.25) is 0 Å². The number of aryl methyl sites for hydroxylation is 1.